The number of allylic oxidation sites excluding steroid dienone is 3. The molecule has 1 aliphatic rings. The van der Waals surface area contributed by atoms with E-state index in [0.717, 1.165) is 36.0 Å². The molecule has 3 nitrogen and oxygen atoms in total. The number of benzene rings is 1. The SMILES string of the molecule is CCOC(=O)c1ccc(C=C(C#N)C2=CCCCC2)cc1. The largest absolute Gasteiger partial charge is 0.462 e. The standard InChI is InChI=1S/C18H19NO2/c1-2-21-18(20)16-10-8-14(9-11-16)12-17(13-19)15-6-4-3-5-7-15/h6,8-12H,2-5,7H2,1H3. The van der Waals surface area contributed by atoms with Gasteiger partial charge in [-0.1, -0.05) is 18.2 Å². The minimum Gasteiger partial charge on any atom is -0.462 e. The van der Waals surface area contributed by atoms with Crippen LogP contribution in [-0.2, 0) is 4.74 Å². The number of esters is 1. The van der Waals surface area contributed by atoms with Gasteiger partial charge in [-0.25, -0.2) is 4.79 Å². The Kier molecular flexibility index (Phi) is 5.34. The molecule has 0 saturated carbocycles. The fourth-order valence-electron chi connectivity index (χ4n) is 2.38. The monoisotopic (exact) mass is 281 g/mol. The highest BCUT2D eigenvalue weighted by Gasteiger charge is 2.09. The lowest BCUT2D eigenvalue weighted by Gasteiger charge is -2.11. The van der Waals surface area contributed by atoms with Crippen molar-refractivity contribution in [3.8, 4) is 6.07 Å². The number of nitrogens with zero attached hydrogens (tertiary/aromatic N) is 1. The molecule has 0 saturated heterocycles. The van der Waals surface area contributed by atoms with Crippen LogP contribution in [0.15, 0.2) is 41.5 Å². The van der Waals surface area contributed by atoms with E-state index < -0.39 is 0 Å². The Hall–Kier alpha value is -2.34. The zero-order chi connectivity index (χ0) is 15.1. The summed E-state index contributed by atoms with van der Waals surface area (Å²) in [5.74, 6) is -0.316. The molecule has 2 rings (SSSR count). The Morgan fingerprint density at radius 3 is 2.67 bits per heavy atom. The molecule has 21 heavy (non-hydrogen) atoms. The van der Waals surface area contributed by atoms with Crippen molar-refractivity contribution in [2.24, 2.45) is 0 Å². The van der Waals surface area contributed by atoms with Gasteiger partial charge in [0.25, 0.3) is 0 Å². The quantitative estimate of drug-likeness (QED) is 0.611. The van der Waals surface area contributed by atoms with Crippen molar-refractivity contribution in [2.45, 2.75) is 32.6 Å². The van der Waals surface area contributed by atoms with E-state index >= 15 is 0 Å². The zero-order valence-corrected chi connectivity index (χ0v) is 12.3. The Morgan fingerprint density at radius 1 is 1.33 bits per heavy atom. The highest BCUT2D eigenvalue weighted by molar-refractivity contribution is 5.89. The molecule has 0 spiro atoms. The average Bonchev–Trinajstić information content (AvgIpc) is 2.54. The van der Waals surface area contributed by atoms with Gasteiger partial charge in [0.15, 0.2) is 0 Å². The molecule has 0 fully saturated rings. The topological polar surface area (TPSA) is 50.1 Å². The van der Waals surface area contributed by atoms with Crippen molar-refractivity contribution in [1.29, 1.82) is 5.26 Å². The van der Waals surface area contributed by atoms with Crippen molar-refractivity contribution in [1.82, 2.24) is 0 Å². The minimum atomic E-state index is -0.316. The maximum absolute atomic E-state index is 11.6. The summed E-state index contributed by atoms with van der Waals surface area (Å²) in [4.78, 5) is 11.6. The first-order chi connectivity index (χ1) is 10.2. The van der Waals surface area contributed by atoms with Crippen LogP contribution in [0.1, 0.15) is 48.5 Å². The Labute approximate surface area is 125 Å². The molecule has 3 heteroatoms. The first kappa shape index (κ1) is 15.1. The molecule has 0 amide bonds. The third-order valence-electron chi connectivity index (χ3n) is 3.49. The van der Waals surface area contributed by atoms with Gasteiger partial charge in [-0.15, -0.1) is 0 Å². The molecule has 108 valence electrons. The third-order valence-corrected chi connectivity index (χ3v) is 3.49. The van der Waals surface area contributed by atoms with Crippen LogP contribution in [0.25, 0.3) is 6.08 Å². The molecule has 0 N–H and O–H groups in total. The molecule has 0 aliphatic heterocycles. The highest BCUT2D eigenvalue weighted by atomic mass is 16.5. The van der Waals surface area contributed by atoms with Crippen LogP contribution in [0.5, 0.6) is 0 Å². The van der Waals surface area contributed by atoms with Gasteiger partial charge in [-0.2, -0.15) is 5.26 Å². The maximum atomic E-state index is 11.6. The molecule has 0 atom stereocenters. The van der Waals surface area contributed by atoms with Crippen LogP contribution in [0.4, 0.5) is 0 Å². The number of hydrogen-bond acceptors (Lipinski definition) is 3. The summed E-state index contributed by atoms with van der Waals surface area (Å²) in [6.45, 7) is 2.15. The number of carbonyl (C=O) groups excluding carboxylic acids is 1. The summed E-state index contributed by atoms with van der Waals surface area (Å²) in [5, 5.41) is 9.32. The second-order valence-electron chi connectivity index (χ2n) is 4.99. The number of rotatable bonds is 4. The number of hydrogen-bond donors (Lipinski definition) is 0. The van der Waals surface area contributed by atoms with Crippen molar-refractivity contribution in [3.05, 3.63) is 52.6 Å². The third kappa shape index (κ3) is 4.06. The Morgan fingerprint density at radius 2 is 2.10 bits per heavy atom. The average molecular weight is 281 g/mol. The fourth-order valence-corrected chi connectivity index (χ4v) is 2.38. The van der Waals surface area contributed by atoms with Crippen molar-refractivity contribution < 1.29 is 9.53 Å². The lowest BCUT2D eigenvalue weighted by molar-refractivity contribution is 0.0526. The number of nitriles is 1. The second kappa shape index (κ2) is 7.44. The predicted molar refractivity (Wildman–Crippen MR) is 82.5 cm³/mol. The molecule has 0 radical (unpaired) electrons. The first-order valence-electron chi connectivity index (χ1n) is 7.33. The van der Waals surface area contributed by atoms with Crippen LogP contribution in [0.2, 0.25) is 0 Å². The van der Waals surface area contributed by atoms with Gasteiger partial charge in [0.05, 0.1) is 23.8 Å². The molecule has 0 unspecified atom stereocenters. The lowest BCUT2D eigenvalue weighted by Crippen LogP contribution is -2.04. The van der Waals surface area contributed by atoms with E-state index in [-0.39, 0.29) is 5.97 Å². The van der Waals surface area contributed by atoms with Gasteiger partial charge in [-0.3, -0.25) is 0 Å². The number of carbonyl (C=O) groups is 1. The van der Waals surface area contributed by atoms with E-state index in [9.17, 15) is 10.1 Å². The molecule has 0 aromatic heterocycles. The number of ether oxygens (including phenoxy) is 1. The van der Waals surface area contributed by atoms with E-state index in [1.165, 1.54) is 6.42 Å². The van der Waals surface area contributed by atoms with Gasteiger partial charge in [-0.05, 0) is 62.0 Å². The van der Waals surface area contributed by atoms with Crippen LogP contribution in [0, 0.1) is 11.3 Å². The fraction of sp³-hybridized carbons (Fsp3) is 0.333. The van der Waals surface area contributed by atoms with Crippen LogP contribution in [0.3, 0.4) is 0 Å². The van der Waals surface area contributed by atoms with E-state index in [2.05, 4.69) is 12.1 Å². The van der Waals surface area contributed by atoms with Crippen molar-refractivity contribution in [2.75, 3.05) is 6.61 Å². The first-order valence-corrected chi connectivity index (χ1v) is 7.33. The van der Waals surface area contributed by atoms with Crippen molar-refractivity contribution >= 4 is 12.0 Å². The molecule has 0 heterocycles. The molecule has 1 aliphatic carbocycles. The highest BCUT2D eigenvalue weighted by Crippen LogP contribution is 2.25. The maximum Gasteiger partial charge on any atom is 0.338 e. The molecule has 1 aromatic carbocycles. The van der Waals surface area contributed by atoms with Crippen molar-refractivity contribution in [3.63, 3.8) is 0 Å². The van der Waals surface area contributed by atoms with Gasteiger partial charge in [0.1, 0.15) is 0 Å². The van der Waals surface area contributed by atoms with E-state index in [4.69, 9.17) is 4.74 Å². The van der Waals surface area contributed by atoms with Crippen LogP contribution >= 0.6 is 0 Å². The summed E-state index contributed by atoms with van der Waals surface area (Å²) < 4.78 is 4.95. The zero-order valence-electron chi connectivity index (χ0n) is 12.3. The van der Waals surface area contributed by atoms with E-state index in [1.54, 1.807) is 19.1 Å². The van der Waals surface area contributed by atoms with Crippen LogP contribution < -0.4 is 0 Å². The minimum absolute atomic E-state index is 0.316. The molecular formula is C18H19NO2. The Bertz CT molecular complexity index is 603. The molecule has 1 aromatic rings. The summed E-state index contributed by atoms with van der Waals surface area (Å²) in [7, 11) is 0. The summed E-state index contributed by atoms with van der Waals surface area (Å²) >= 11 is 0. The van der Waals surface area contributed by atoms with E-state index in [1.807, 2.05) is 18.2 Å². The van der Waals surface area contributed by atoms with Gasteiger partial charge >= 0.3 is 5.97 Å². The molecular weight excluding hydrogens is 262 g/mol. The van der Waals surface area contributed by atoms with Crippen LogP contribution in [-0.4, -0.2) is 12.6 Å². The van der Waals surface area contributed by atoms with Gasteiger partial charge < -0.3 is 4.74 Å². The summed E-state index contributed by atoms with van der Waals surface area (Å²) in [6, 6.07) is 9.42. The summed E-state index contributed by atoms with van der Waals surface area (Å²) in [6.07, 6.45) is 8.41. The second-order valence-corrected chi connectivity index (χ2v) is 4.99. The predicted octanol–water partition coefficient (Wildman–Crippen LogP) is 4.27. The summed E-state index contributed by atoms with van der Waals surface area (Å²) in [5.41, 5.74) is 3.31. The molecule has 0 bridgehead atoms. The van der Waals surface area contributed by atoms with Gasteiger partial charge in [0, 0.05) is 0 Å². The Balaban J connectivity index is 2.18. The normalized spacial score (nSPS) is 15.0. The van der Waals surface area contributed by atoms with Gasteiger partial charge in [0.2, 0.25) is 0 Å². The smallest absolute Gasteiger partial charge is 0.338 e. The van der Waals surface area contributed by atoms with E-state index in [0.29, 0.717) is 12.2 Å². The lowest BCUT2D eigenvalue weighted by atomic mass is 9.93.